The van der Waals surface area contributed by atoms with Gasteiger partial charge in [0.25, 0.3) is 0 Å². The number of hydrogen-bond donors (Lipinski definition) is 1. The van der Waals surface area contributed by atoms with Gasteiger partial charge in [0.15, 0.2) is 0 Å². The predicted molar refractivity (Wildman–Crippen MR) is 128 cm³/mol. The van der Waals surface area contributed by atoms with Crippen LogP contribution in [0.2, 0.25) is 0 Å². The third kappa shape index (κ3) is 5.07. The number of carbonyl (C=O) groups excluding carboxylic acids is 2. The molecule has 0 unspecified atom stereocenters. The number of nitrogens with one attached hydrogen (secondary N) is 1. The minimum atomic E-state index is -0.612. The largest absolute Gasteiger partial charge is 0.353 e. The van der Waals surface area contributed by atoms with Crippen molar-refractivity contribution in [1.29, 1.82) is 0 Å². The minimum absolute atomic E-state index is 0.0334. The van der Waals surface area contributed by atoms with E-state index in [9.17, 15) is 9.59 Å². The lowest BCUT2D eigenvalue weighted by Gasteiger charge is -2.29. The summed E-state index contributed by atoms with van der Waals surface area (Å²) in [7, 11) is 0. The van der Waals surface area contributed by atoms with Gasteiger partial charge in [0, 0.05) is 31.5 Å². The first-order valence-corrected chi connectivity index (χ1v) is 12.0. The van der Waals surface area contributed by atoms with E-state index in [4.69, 9.17) is 0 Å². The van der Waals surface area contributed by atoms with Gasteiger partial charge in [-0.2, -0.15) is 11.3 Å². The van der Waals surface area contributed by atoms with E-state index in [1.54, 1.807) is 23.7 Å². The summed E-state index contributed by atoms with van der Waals surface area (Å²) in [6.45, 7) is 4.98. The number of pyridine rings is 1. The normalized spacial score (nSPS) is 18.2. The van der Waals surface area contributed by atoms with Crippen LogP contribution in [-0.2, 0) is 22.4 Å². The highest BCUT2D eigenvalue weighted by molar-refractivity contribution is 7.08. The van der Waals surface area contributed by atoms with Gasteiger partial charge in [0.05, 0.1) is 11.8 Å². The average molecular weight is 448 g/mol. The van der Waals surface area contributed by atoms with Crippen LogP contribution in [0.25, 0.3) is 11.1 Å². The van der Waals surface area contributed by atoms with Gasteiger partial charge in [-0.1, -0.05) is 30.3 Å². The molecule has 1 aromatic carbocycles. The van der Waals surface area contributed by atoms with E-state index in [2.05, 4.69) is 51.4 Å². The van der Waals surface area contributed by atoms with Crippen molar-refractivity contribution in [2.75, 3.05) is 13.1 Å². The van der Waals surface area contributed by atoms with Crippen LogP contribution in [0.1, 0.15) is 31.4 Å². The van der Waals surface area contributed by atoms with Gasteiger partial charge in [0.2, 0.25) is 11.8 Å². The summed E-state index contributed by atoms with van der Waals surface area (Å²) in [5.41, 5.74) is 3.78. The molecule has 3 heterocycles. The minimum Gasteiger partial charge on any atom is -0.353 e. The van der Waals surface area contributed by atoms with Crippen LogP contribution in [-0.4, -0.2) is 40.8 Å². The van der Waals surface area contributed by atoms with Gasteiger partial charge in [-0.15, -0.1) is 0 Å². The maximum absolute atomic E-state index is 13.3. The highest BCUT2D eigenvalue weighted by atomic mass is 32.1. The zero-order chi connectivity index (χ0) is 22.6. The fourth-order valence-corrected chi connectivity index (χ4v) is 5.00. The molecule has 1 aliphatic heterocycles. The quantitative estimate of drug-likeness (QED) is 0.586. The fraction of sp³-hybridized carbons (Fsp3) is 0.346. The molecular weight excluding hydrogens is 418 g/mol. The number of likely N-dealkylation sites (tertiary alicyclic amines) is 1. The average Bonchev–Trinajstić information content (AvgIpc) is 3.46. The number of nitrogens with zero attached hydrogens (tertiary/aromatic N) is 2. The van der Waals surface area contributed by atoms with Crippen LogP contribution in [0.15, 0.2) is 65.6 Å². The molecule has 1 N–H and O–H groups in total. The second-order valence-corrected chi connectivity index (χ2v) is 9.68. The predicted octanol–water partition coefficient (Wildman–Crippen LogP) is 4.34. The van der Waals surface area contributed by atoms with Crippen LogP contribution in [0.5, 0.6) is 0 Å². The smallest absolute Gasteiger partial charge is 0.228 e. The number of rotatable bonds is 7. The Morgan fingerprint density at radius 2 is 1.94 bits per heavy atom. The molecular formula is C26H29N3O2S. The van der Waals surface area contributed by atoms with Crippen LogP contribution in [0.4, 0.5) is 0 Å². The summed E-state index contributed by atoms with van der Waals surface area (Å²) in [6.07, 6.45) is 5.02. The lowest BCUT2D eigenvalue weighted by atomic mass is 9.79. The van der Waals surface area contributed by atoms with Crippen LogP contribution in [0.3, 0.4) is 0 Å². The molecule has 32 heavy (non-hydrogen) atoms. The Hall–Kier alpha value is -2.99. The molecule has 0 saturated carbocycles. The fourth-order valence-electron chi connectivity index (χ4n) is 4.33. The first kappa shape index (κ1) is 22.2. The maximum Gasteiger partial charge on any atom is 0.228 e. The Labute approximate surface area is 193 Å². The van der Waals surface area contributed by atoms with E-state index >= 15 is 0 Å². The monoisotopic (exact) mass is 447 g/mol. The topological polar surface area (TPSA) is 62.3 Å². The molecule has 3 aromatic rings. The first-order chi connectivity index (χ1) is 15.4. The van der Waals surface area contributed by atoms with E-state index in [1.807, 2.05) is 30.9 Å². The zero-order valence-electron chi connectivity index (χ0n) is 18.6. The number of amides is 2. The lowest BCUT2D eigenvalue weighted by Crippen LogP contribution is -2.47. The summed E-state index contributed by atoms with van der Waals surface area (Å²) < 4.78 is 0. The molecule has 2 aromatic heterocycles. The van der Waals surface area contributed by atoms with Crippen molar-refractivity contribution in [1.82, 2.24) is 15.2 Å². The van der Waals surface area contributed by atoms with Crippen molar-refractivity contribution >= 4 is 23.2 Å². The van der Waals surface area contributed by atoms with Gasteiger partial charge >= 0.3 is 0 Å². The van der Waals surface area contributed by atoms with Gasteiger partial charge in [-0.05, 0) is 71.8 Å². The second-order valence-electron chi connectivity index (χ2n) is 8.90. The van der Waals surface area contributed by atoms with Crippen molar-refractivity contribution < 1.29 is 9.59 Å². The van der Waals surface area contributed by atoms with E-state index < -0.39 is 5.41 Å². The van der Waals surface area contributed by atoms with Gasteiger partial charge < -0.3 is 10.2 Å². The second kappa shape index (κ2) is 9.65. The molecule has 166 valence electrons. The molecule has 5 nitrogen and oxygen atoms in total. The van der Waals surface area contributed by atoms with E-state index in [0.29, 0.717) is 32.4 Å². The van der Waals surface area contributed by atoms with Crippen LogP contribution in [0, 0.1) is 5.41 Å². The molecule has 0 spiro atoms. The Kier molecular flexibility index (Phi) is 6.70. The number of carbonyl (C=O) groups is 2. The molecule has 6 heteroatoms. The zero-order valence-corrected chi connectivity index (χ0v) is 19.4. The van der Waals surface area contributed by atoms with E-state index in [1.165, 1.54) is 11.1 Å². The summed E-state index contributed by atoms with van der Waals surface area (Å²) in [6, 6.07) is 14.4. The number of benzene rings is 1. The first-order valence-electron chi connectivity index (χ1n) is 11.0. The SMILES string of the molecule is CC(C)NC(=O)[C@]1(Cc2ccc(-c3ccsc3)cc2)CCN(C(=O)Cc2cccnc2)C1. The molecule has 4 rings (SSSR count). The Morgan fingerprint density at radius 3 is 2.59 bits per heavy atom. The maximum atomic E-state index is 13.3. The molecule has 2 amide bonds. The summed E-state index contributed by atoms with van der Waals surface area (Å²) >= 11 is 1.68. The number of thiophene rings is 1. The number of hydrogen-bond acceptors (Lipinski definition) is 4. The number of aromatic nitrogens is 1. The Balaban J connectivity index is 1.51. The van der Waals surface area contributed by atoms with Crippen LogP contribution >= 0.6 is 11.3 Å². The molecule has 0 radical (unpaired) electrons. The molecule has 0 bridgehead atoms. The lowest BCUT2D eigenvalue weighted by molar-refractivity contribution is -0.133. The van der Waals surface area contributed by atoms with Crippen molar-refractivity contribution in [3.63, 3.8) is 0 Å². The van der Waals surface area contributed by atoms with Crippen LogP contribution < -0.4 is 5.32 Å². The van der Waals surface area contributed by atoms with Crippen molar-refractivity contribution in [3.8, 4) is 11.1 Å². The third-order valence-corrected chi connectivity index (χ3v) is 6.72. The molecule has 1 atom stereocenters. The highest BCUT2D eigenvalue weighted by Gasteiger charge is 2.46. The van der Waals surface area contributed by atoms with E-state index in [0.717, 1.165) is 11.1 Å². The highest BCUT2D eigenvalue weighted by Crippen LogP contribution is 2.36. The summed E-state index contributed by atoms with van der Waals surface area (Å²) in [4.78, 5) is 32.2. The van der Waals surface area contributed by atoms with Gasteiger partial charge in [-0.3, -0.25) is 14.6 Å². The Morgan fingerprint density at radius 1 is 1.12 bits per heavy atom. The molecule has 1 saturated heterocycles. The Bertz CT molecular complexity index is 1050. The molecule has 1 fully saturated rings. The van der Waals surface area contributed by atoms with Gasteiger partial charge in [-0.25, -0.2) is 0 Å². The standard InChI is InChI=1S/C26H29N3O2S/c1-19(2)28-25(31)26(15-20-5-7-22(8-6-20)23-9-13-32-17-23)10-12-29(18-26)24(30)14-21-4-3-11-27-16-21/h3-9,11,13,16-17,19H,10,12,14-15,18H2,1-2H3,(H,28,31)/t26-/m0/s1. The third-order valence-electron chi connectivity index (χ3n) is 6.04. The van der Waals surface area contributed by atoms with E-state index in [-0.39, 0.29) is 17.9 Å². The molecule has 1 aliphatic rings. The van der Waals surface area contributed by atoms with Crippen molar-refractivity contribution in [2.45, 2.75) is 39.2 Å². The van der Waals surface area contributed by atoms with Crippen molar-refractivity contribution in [3.05, 3.63) is 76.7 Å². The van der Waals surface area contributed by atoms with Gasteiger partial charge in [0.1, 0.15) is 0 Å². The summed E-state index contributed by atoms with van der Waals surface area (Å²) in [5, 5.41) is 7.31. The molecule has 0 aliphatic carbocycles. The summed E-state index contributed by atoms with van der Waals surface area (Å²) in [5.74, 6) is 0.0797. The van der Waals surface area contributed by atoms with Crippen molar-refractivity contribution in [2.24, 2.45) is 5.41 Å².